The summed E-state index contributed by atoms with van der Waals surface area (Å²) in [5.41, 5.74) is 0.126. The molecule has 0 amide bonds. The van der Waals surface area contributed by atoms with Gasteiger partial charge in [0.15, 0.2) is 11.5 Å². The lowest BCUT2D eigenvalue weighted by atomic mass is 10.2. The number of hydrogen-bond donors (Lipinski definition) is 1. The third-order valence-electron chi connectivity index (χ3n) is 4.15. The average molecular weight is 395 g/mol. The molecule has 0 spiro atoms. The molecule has 0 aliphatic carbocycles. The fourth-order valence-electron chi connectivity index (χ4n) is 2.76. The number of rotatable bonds is 8. The number of methoxy groups -OCH3 is 2. The molecule has 3 aromatic rings. The summed E-state index contributed by atoms with van der Waals surface area (Å²) in [6.07, 6.45) is 2.22. The molecule has 0 aliphatic rings. The molecule has 1 N–H and O–H groups in total. The van der Waals surface area contributed by atoms with Crippen LogP contribution in [0.2, 0.25) is 0 Å². The Morgan fingerprint density at radius 3 is 2.46 bits per heavy atom. The number of aromatic nitrogens is 4. The molecule has 2 heterocycles. The lowest BCUT2D eigenvalue weighted by molar-refractivity contribution is -0.144. The summed E-state index contributed by atoms with van der Waals surface area (Å²) >= 11 is 0. The quantitative estimate of drug-likeness (QED) is 0.586. The Labute approximate surface area is 159 Å². The maximum Gasteiger partial charge on any atom is 0.451 e. The Morgan fingerprint density at radius 1 is 1.07 bits per heavy atom. The van der Waals surface area contributed by atoms with Crippen LogP contribution in [0.15, 0.2) is 30.9 Å². The van der Waals surface area contributed by atoms with Gasteiger partial charge in [-0.3, -0.25) is 0 Å². The minimum Gasteiger partial charge on any atom is -0.493 e. The molecule has 0 atom stereocenters. The van der Waals surface area contributed by atoms with Crippen LogP contribution in [-0.2, 0) is 12.7 Å². The predicted octanol–water partition coefficient (Wildman–Crippen LogP) is 3.75. The molecule has 1 aromatic carbocycles. The van der Waals surface area contributed by atoms with Crippen LogP contribution >= 0.6 is 0 Å². The third kappa shape index (κ3) is 4.44. The number of anilines is 1. The Bertz CT molecular complexity index is 929. The van der Waals surface area contributed by atoms with Crippen LogP contribution in [0.5, 0.6) is 11.5 Å². The van der Waals surface area contributed by atoms with Crippen molar-refractivity contribution in [2.45, 2.75) is 25.6 Å². The van der Waals surface area contributed by atoms with E-state index < -0.39 is 12.0 Å². The molecular weight excluding hydrogens is 375 g/mol. The highest BCUT2D eigenvalue weighted by atomic mass is 19.4. The van der Waals surface area contributed by atoms with Gasteiger partial charge in [-0.2, -0.15) is 13.2 Å². The van der Waals surface area contributed by atoms with Gasteiger partial charge < -0.3 is 19.4 Å². The molecule has 0 saturated heterocycles. The van der Waals surface area contributed by atoms with Crippen molar-refractivity contribution >= 4 is 16.7 Å². The Morgan fingerprint density at radius 2 is 1.82 bits per heavy atom. The summed E-state index contributed by atoms with van der Waals surface area (Å²) < 4.78 is 52.0. The van der Waals surface area contributed by atoms with Gasteiger partial charge >= 0.3 is 6.18 Å². The van der Waals surface area contributed by atoms with Crippen LogP contribution in [0.4, 0.5) is 19.0 Å². The highest BCUT2D eigenvalue weighted by Crippen LogP contribution is 2.36. The average Bonchev–Trinajstić information content (AvgIpc) is 3.19. The second kappa shape index (κ2) is 8.32. The van der Waals surface area contributed by atoms with Gasteiger partial charge in [0.2, 0.25) is 5.82 Å². The number of ether oxygens (including phenoxy) is 2. The largest absolute Gasteiger partial charge is 0.493 e. The topological polar surface area (TPSA) is 74.1 Å². The van der Waals surface area contributed by atoms with Crippen LogP contribution in [0.1, 0.15) is 18.7 Å². The second-order valence-corrected chi connectivity index (χ2v) is 6.05. The fourth-order valence-corrected chi connectivity index (χ4v) is 2.76. The van der Waals surface area contributed by atoms with Crippen molar-refractivity contribution < 1.29 is 22.6 Å². The third-order valence-corrected chi connectivity index (χ3v) is 4.15. The van der Waals surface area contributed by atoms with Crippen molar-refractivity contribution in [2.75, 3.05) is 26.1 Å². The van der Waals surface area contributed by atoms with Gasteiger partial charge in [0.05, 0.1) is 26.1 Å². The zero-order valence-corrected chi connectivity index (χ0v) is 15.5. The zero-order valence-electron chi connectivity index (χ0n) is 15.5. The first kappa shape index (κ1) is 19.7. The van der Waals surface area contributed by atoms with Gasteiger partial charge in [0.1, 0.15) is 5.82 Å². The number of alkyl halides is 3. The number of aryl methyl sites for hydroxylation is 1. The van der Waals surface area contributed by atoms with E-state index in [0.717, 1.165) is 19.4 Å². The first-order valence-corrected chi connectivity index (χ1v) is 8.63. The first-order chi connectivity index (χ1) is 13.4. The maximum absolute atomic E-state index is 13.2. The van der Waals surface area contributed by atoms with E-state index in [9.17, 15) is 13.2 Å². The highest BCUT2D eigenvalue weighted by Gasteiger charge is 2.35. The Balaban J connectivity index is 1.83. The monoisotopic (exact) mass is 395 g/mol. The van der Waals surface area contributed by atoms with E-state index in [4.69, 9.17) is 9.47 Å². The summed E-state index contributed by atoms with van der Waals surface area (Å²) in [6.45, 7) is 1.25. The molecule has 0 fully saturated rings. The van der Waals surface area contributed by atoms with Crippen molar-refractivity contribution in [3.8, 4) is 11.5 Å². The Hall–Kier alpha value is -3.04. The number of halogens is 3. The molecule has 3 rings (SSSR count). The van der Waals surface area contributed by atoms with Gasteiger partial charge in [0.25, 0.3) is 0 Å². The van der Waals surface area contributed by atoms with E-state index in [2.05, 4.69) is 20.3 Å². The van der Waals surface area contributed by atoms with E-state index in [1.165, 1.54) is 20.3 Å². The smallest absolute Gasteiger partial charge is 0.451 e. The molecule has 7 nitrogen and oxygen atoms in total. The first-order valence-electron chi connectivity index (χ1n) is 8.63. The molecule has 0 aliphatic heterocycles. The van der Waals surface area contributed by atoms with Crippen molar-refractivity contribution in [1.82, 2.24) is 19.5 Å². The molecule has 150 valence electrons. The van der Waals surface area contributed by atoms with Crippen LogP contribution in [-0.4, -0.2) is 40.3 Å². The number of nitrogens with zero attached hydrogens (tertiary/aromatic N) is 4. The van der Waals surface area contributed by atoms with Crippen LogP contribution in [0.25, 0.3) is 10.9 Å². The number of hydrogen-bond acceptors (Lipinski definition) is 6. The lowest BCUT2D eigenvalue weighted by Crippen LogP contribution is -2.14. The zero-order chi connectivity index (χ0) is 20.1. The molecular formula is C18H20F3N5O2. The van der Waals surface area contributed by atoms with E-state index in [-0.39, 0.29) is 11.3 Å². The summed E-state index contributed by atoms with van der Waals surface area (Å²) in [6, 6.07) is 2.98. The maximum atomic E-state index is 13.2. The van der Waals surface area contributed by atoms with E-state index in [1.54, 1.807) is 18.6 Å². The molecule has 10 heteroatoms. The molecule has 2 aromatic heterocycles. The van der Waals surface area contributed by atoms with Gasteiger partial charge in [-0.1, -0.05) is 0 Å². The van der Waals surface area contributed by atoms with Crippen molar-refractivity contribution in [3.63, 3.8) is 0 Å². The van der Waals surface area contributed by atoms with Gasteiger partial charge in [-0.25, -0.2) is 15.0 Å². The van der Waals surface area contributed by atoms with Crippen molar-refractivity contribution in [2.24, 2.45) is 0 Å². The lowest BCUT2D eigenvalue weighted by Gasteiger charge is -2.15. The highest BCUT2D eigenvalue weighted by molar-refractivity contribution is 5.91. The summed E-state index contributed by atoms with van der Waals surface area (Å²) in [5.74, 6) is -0.399. The second-order valence-electron chi connectivity index (χ2n) is 6.05. The molecule has 28 heavy (non-hydrogen) atoms. The van der Waals surface area contributed by atoms with Crippen LogP contribution in [0, 0.1) is 0 Å². The van der Waals surface area contributed by atoms with Crippen LogP contribution in [0.3, 0.4) is 0 Å². The number of fused-ring (bicyclic) bond motifs is 1. The summed E-state index contributed by atoms with van der Waals surface area (Å²) in [7, 11) is 2.87. The summed E-state index contributed by atoms with van der Waals surface area (Å²) in [4.78, 5) is 11.3. The van der Waals surface area contributed by atoms with Gasteiger partial charge in [-0.15, -0.1) is 0 Å². The minimum atomic E-state index is -4.65. The standard InChI is InChI=1S/C18H20F3N5O2/c1-27-14-9-12-13(10-15(14)28-2)24-17(18(19,20)21)25-16(12)23-5-3-4-7-26-8-6-22-11-26/h6,8-11H,3-5,7H2,1-2H3,(H,23,24,25). The number of imidazole rings is 1. The van der Waals surface area contributed by atoms with Gasteiger partial charge in [0, 0.05) is 36.9 Å². The van der Waals surface area contributed by atoms with Gasteiger partial charge in [-0.05, 0) is 18.9 Å². The van der Waals surface area contributed by atoms with E-state index >= 15 is 0 Å². The predicted molar refractivity (Wildman–Crippen MR) is 97.6 cm³/mol. The number of unbranched alkanes of at least 4 members (excludes halogenated alkanes) is 1. The number of nitrogens with one attached hydrogen (secondary N) is 1. The SMILES string of the molecule is COc1cc2nc(C(F)(F)F)nc(NCCCCn3ccnc3)c2cc1OC. The minimum absolute atomic E-state index is 0.112. The number of benzene rings is 1. The van der Waals surface area contributed by atoms with E-state index in [1.807, 2.05) is 10.8 Å². The normalized spacial score (nSPS) is 11.6. The van der Waals surface area contributed by atoms with Crippen molar-refractivity contribution in [1.29, 1.82) is 0 Å². The summed E-state index contributed by atoms with van der Waals surface area (Å²) in [5, 5.41) is 3.43. The molecule has 0 saturated carbocycles. The fraction of sp³-hybridized carbons (Fsp3) is 0.389. The molecule has 0 bridgehead atoms. The van der Waals surface area contributed by atoms with E-state index in [0.29, 0.717) is 23.4 Å². The molecule has 0 unspecified atom stereocenters. The van der Waals surface area contributed by atoms with Crippen LogP contribution < -0.4 is 14.8 Å². The molecule has 0 radical (unpaired) electrons. The Kier molecular flexibility index (Phi) is 5.86. The van der Waals surface area contributed by atoms with Crippen molar-refractivity contribution in [3.05, 3.63) is 36.7 Å².